The van der Waals surface area contributed by atoms with E-state index in [-0.39, 0.29) is 18.0 Å². The molecule has 2 rings (SSSR count). The van der Waals surface area contributed by atoms with E-state index in [2.05, 4.69) is 4.90 Å². The summed E-state index contributed by atoms with van der Waals surface area (Å²) >= 11 is 0. The van der Waals surface area contributed by atoms with Gasteiger partial charge in [-0.25, -0.2) is 0 Å². The first-order valence-corrected chi connectivity index (χ1v) is 6.27. The lowest BCUT2D eigenvalue weighted by molar-refractivity contribution is -0.384. The average Bonchev–Trinajstić information content (AvgIpc) is 2.38. The molecule has 1 heterocycles. The number of nitrogens with zero attached hydrogens (tertiary/aromatic N) is 2. The van der Waals surface area contributed by atoms with E-state index in [4.69, 9.17) is 5.11 Å². The summed E-state index contributed by atoms with van der Waals surface area (Å²) in [6, 6.07) is 6.41. The Bertz CT molecular complexity index is 472. The minimum Gasteiger partial charge on any atom is -0.481 e. The van der Waals surface area contributed by atoms with Crippen LogP contribution in [0, 0.1) is 16.0 Å². The fourth-order valence-corrected chi connectivity index (χ4v) is 2.50. The molecule has 6 nitrogen and oxygen atoms in total. The van der Waals surface area contributed by atoms with Gasteiger partial charge in [0.15, 0.2) is 0 Å². The number of benzene rings is 1. The topological polar surface area (TPSA) is 83.7 Å². The maximum Gasteiger partial charge on any atom is 0.303 e. The fraction of sp³-hybridized carbons (Fsp3) is 0.462. The molecule has 1 saturated heterocycles. The number of hydrogen-bond donors (Lipinski definition) is 1. The summed E-state index contributed by atoms with van der Waals surface area (Å²) in [5, 5.41) is 19.4. The van der Waals surface area contributed by atoms with E-state index in [9.17, 15) is 14.9 Å². The standard InChI is InChI=1S/C13H16N2O4/c16-13(17)8-10-2-1-7-14(9-10)11-3-5-12(6-4-11)15(18)19/h3-6,10H,1-2,7-9H2,(H,16,17). The third-order valence-electron chi connectivity index (χ3n) is 3.41. The normalized spacial score (nSPS) is 19.2. The summed E-state index contributed by atoms with van der Waals surface area (Å²) in [5.41, 5.74) is 0.989. The van der Waals surface area contributed by atoms with Gasteiger partial charge < -0.3 is 10.0 Å². The van der Waals surface area contributed by atoms with Crippen LogP contribution in [0.3, 0.4) is 0 Å². The molecule has 1 aliphatic heterocycles. The molecule has 1 unspecified atom stereocenters. The first kappa shape index (κ1) is 13.3. The SMILES string of the molecule is O=C(O)CC1CCCN(c2ccc([N+](=O)[O-])cc2)C1. The van der Waals surface area contributed by atoms with Gasteiger partial charge in [-0.2, -0.15) is 0 Å². The van der Waals surface area contributed by atoms with Crippen LogP contribution in [0.15, 0.2) is 24.3 Å². The van der Waals surface area contributed by atoms with E-state index in [0.717, 1.165) is 25.1 Å². The zero-order chi connectivity index (χ0) is 13.8. The molecule has 0 radical (unpaired) electrons. The minimum absolute atomic E-state index is 0.0721. The van der Waals surface area contributed by atoms with Crippen LogP contribution < -0.4 is 4.90 Å². The molecule has 1 aliphatic rings. The highest BCUT2D eigenvalue weighted by atomic mass is 16.6. The molecule has 0 spiro atoms. The second-order valence-corrected chi connectivity index (χ2v) is 4.83. The second kappa shape index (κ2) is 5.69. The number of nitro groups is 1. The number of anilines is 1. The van der Waals surface area contributed by atoms with E-state index >= 15 is 0 Å². The largest absolute Gasteiger partial charge is 0.481 e. The third-order valence-corrected chi connectivity index (χ3v) is 3.41. The number of aliphatic carboxylic acids is 1. The van der Waals surface area contributed by atoms with Crippen molar-refractivity contribution in [1.29, 1.82) is 0 Å². The average molecular weight is 264 g/mol. The molecule has 0 aliphatic carbocycles. The van der Waals surface area contributed by atoms with E-state index in [1.807, 2.05) is 0 Å². The lowest BCUT2D eigenvalue weighted by Gasteiger charge is -2.33. The molecule has 19 heavy (non-hydrogen) atoms. The van der Waals surface area contributed by atoms with Gasteiger partial charge >= 0.3 is 5.97 Å². The van der Waals surface area contributed by atoms with Crippen molar-refractivity contribution in [2.24, 2.45) is 5.92 Å². The van der Waals surface area contributed by atoms with Crippen molar-refractivity contribution in [1.82, 2.24) is 0 Å². The molecule has 6 heteroatoms. The minimum atomic E-state index is -0.768. The van der Waals surface area contributed by atoms with Gasteiger partial charge in [0.25, 0.3) is 5.69 Å². The number of hydrogen-bond acceptors (Lipinski definition) is 4. The van der Waals surface area contributed by atoms with Gasteiger partial charge in [-0.1, -0.05) is 0 Å². The van der Waals surface area contributed by atoms with Crippen LogP contribution in [0.4, 0.5) is 11.4 Å². The first-order valence-electron chi connectivity index (χ1n) is 6.27. The molecule has 102 valence electrons. The van der Waals surface area contributed by atoms with Crippen LogP contribution in [0.25, 0.3) is 0 Å². The molecule has 1 fully saturated rings. The molecule has 1 N–H and O–H groups in total. The molecule has 0 amide bonds. The zero-order valence-electron chi connectivity index (χ0n) is 10.5. The smallest absolute Gasteiger partial charge is 0.303 e. The molecule has 0 bridgehead atoms. The van der Waals surface area contributed by atoms with Crippen LogP contribution in [0.1, 0.15) is 19.3 Å². The van der Waals surface area contributed by atoms with Crippen molar-refractivity contribution in [2.75, 3.05) is 18.0 Å². The molecule has 1 atom stereocenters. The van der Waals surface area contributed by atoms with Gasteiger partial charge in [0.2, 0.25) is 0 Å². The number of rotatable bonds is 4. The second-order valence-electron chi connectivity index (χ2n) is 4.83. The number of carboxylic acid groups (broad SMARTS) is 1. The summed E-state index contributed by atoms with van der Waals surface area (Å²) in [5.74, 6) is -0.614. The molecular formula is C13H16N2O4. The lowest BCUT2D eigenvalue weighted by atomic mass is 9.94. The van der Waals surface area contributed by atoms with E-state index in [1.54, 1.807) is 12.1 Å². The highest BCUT2D eigenvalue weighted by Gasteiger charge is 2.22. The summed E-state index contributed by atoms with van der Waals surface area (Å²) in [6.45, 7) is 1.57. The summed E-state index contributed by atoms with van der Waals surface area (Å²) < 4.78 is 0. The van der Waals surface area contributed by atoms with Gasteiger partial charge in [-0.05, 0) is 30.9 Å². The molecule has 0 aromatic heterocycles. The number of carbonyl (C=O) groups is 1. The van der Waals surface area contributed by atoms with Crippen molar-refractivity contribution in [3.8, 4) is 0 Å². The Morgan fingerprint density at radius 2 is 2.11 bits per heavy atom. The lowest BCUT2D eigenvalue weighted by Crippen LogP contribution is -2.36. The van der Waals surface area contributed by atoms with E-state index < -0.39 is 10.9 Å². The quantitative estimate of drug-likeness (QED) is 0.666. The van der Waals surface area contributed by atoms with E-state index in [0.29, 0.717) is 6.54 Å². The van der Waals surface area contributed by atoms with Crippen LogP contribution in [0.5, 0.6) is 0 Å². The summed E-state index contributed by atoms with van der Waals surface area (Å²) in [6.07, 6.45) is 2.06. The van der Waals surface area contributed by atoms with Crippen LogP contribution in [0.2, 0.25) is 0 Å². The molecule has 1 aromatic rings. The Hall–Kier alpha value is -2.11. The van der Waals surface area contributed by atoms with Gasteiger partial charge in [0.1, 0.15) is 0 Å². The van der Waals surface area contributed by atoms with Crippen molar-refractivity contribution in [2.45, 2.75) is 19.3 Å². The number of nitro benzene ring substituents is 1. The molecule has 1 aromatic carbocycles. The Morgan fingerprint density at radius 1 is 1.42 bits per heavy atom. The zero-order valence-corrected chi connectivity index (χ0v) is 10.5. The van der Waals surface area contributed by atoms with Gasteiger partial charge in [-0.3, -0.25) is 14.9 Å². The van der Waals surface area contributed by atoms with Gasteiger partial charge in [0.05, 0.1) is 4.92 Å². The number of carboxylic acids is 1. The van der Waals surface area contributed by atoms with Crippen LogP contribution in [-0.2, 0) is 4.79 Å². The van der Waals surface area contributed by atoms with Crippen molar-refractivity contribution >= 4 is 17.3 Å². The Balaban J connectivity index is 2.04. The van der Waals surface area contributed by atoms with Crippen molar-refractivity contribution in [3.05, 3.63) is 34.4 Å². The number of non-ortho nitro benzene ring substituents is 1. The summed E-state index contributed by atoms with van der Waals surface area (Å²) in [7, 11) is 0. The maximum atomic E-state index is 10.7. The fourth-order valence-electron chi connectivity index (χ4n) is 2.50. The highest BCUT2D eigenvalue weighted by Crippen LogP contribution is 2.26. The van der Waals surface area contributed by atoms with Gasteiger partial charge in [0, 0.05) is 37.3 Å². The van der Waals surface area contributed by atoms with Crippen LogP contribution >= 0.6 is 0 Å². The Morgan fingerprint density at radius 3 is 2.68 bits per heavy atom. The molecule has 0 saturated carbocycles. The molecular weight excluding hydrogens is 248 g/mol. The Labute approximate surface area is 110 Å². The highest BCUT2D eigenvalue weighted by molar-refractivity contribution is 5.67. The first-order chi connectivity index (χ1) is 9.06. The van der Waals surface area contributed by atoms with Crippen LogP contribution in [-0.4, -0.2) is 29.1 Å². The monoisotopic (exact) mass is 264 g/mol. The summed E-state index contributed by atoms with van der Waals surface area (Å²) in [4.78, 5) is 23.0. The maximum absolute atomic E-state index is 10.7. The van der Waals surface area contributed by atoms with Crippen molar-refractivity contribution in [3.63, 3.8) is 0 Å². The Kier molecular flexibility index (Phi) is 3.99. The van der Waals surface area contributed by atoms with Gasteiger partial charge in [-0.15, -0.1) is 0 Å². The predicted octanol–water partition coefficient (Wildman–Crippen LogP) is 2.29. The third kappa shape index (κ3) is 3.43. The number of piperidine rings is 1. The van der Waals surface area contributed by atoms with Crippen molar-refractivity contribution < 1.29 is 14.8 Å². The predicted molar refractivity (Wildman–Crippen MR) is 70.3 cm³/mol. The van der Waals surface area contributed by atoms with E-state index in [1.165, 1.54) is 12.1 Å².